The van der Waals surface area contributed by atoms with Crippen molar-refractivity contribution in [2.45, 2.75) is 30.4 Å². The molecule has 0 radical (unpaired) electrons. The Hall–Kier alpha value is -1.54. The quantitative estimate of drug-likeness (QED) is 0.802. The normalized spacial score (nSPS) is 16.9. The fourth-order valence-electron chi connectivity index (χ4n) is 1.63. The zero-order chi connectivity index (χ0) is 14.1. The van der Waals surface area contributed by atoms with E-state index in [0.29, 0.717) is 19.4 Å². The smallest absolute Gasteiger partial charge is 0.281 e. The van der Waals surface area contributed by atoms with Gasteiger partial charge in [0.05, 0.1) is 0 Å². The van der Waals surface area contributed by atoms with Gasteiger partial charge in [0, 0.05) is 6.61 Å². The van der Waals surface area contributed by atoms with Crippen LogP contribution in [-0.4, -0.2) is 31.5 Å². The summed E-state index contributed by atoms with van der Waals surface area (Å²) in [6, 6.07) is 3.33. The molecule has 1 fully saturated rings. The van der Waals surface area contributed by atoms with Gasteiger partial charge in [-0.15, -0.1) is 0 Å². The van der Waals surface area contributed by atoms with Crippen LogP contribution in [0, 0.1) is 5.95 Å². The molecule has 104 valence electrons. The largest absolute Gasteiger partial charge is 0.365 e. The molecule has 1 aromatic heterocycles. The molecule has 1 aliphatic carbocycles. The minimum absolute atomic E-state index is 0.311. The zero-order valence-electron chi connectivity index (χ0n) is 10.2. The Labute approximate surface area is 110 Å². The molecule has 0 spiro atoms. The molecule has 1 aromatic rings. The van der Waals surface area contributed by atoms with Crippen molar-refractivity contribution in [2.75, 3.05) is 6.61 Å². The number of halogens is 1. The van der Waals surface area contributed by atoms with Crippen molar-refractivity contribution < 1.29 is 22.3 Å². The lowest BCUT2D eigenvalue weighted by molar-refractivity contribution is -0.133. The summed E-state index contributed by atoms with van der Waals surface area (Å²) in [5.41, 5.74) is -1.06. The lowest BCUT2D eigenvalue weighted by Crippen LogP contribution is -2.41. The Morgan fingerprint density at radius 2 is 2.21 bits per heavy atom. The number of sulfonamides is 1. The van der Waals surface area contributed by atoms with E-state index in [1.165, 1.54) is 6.07 Å². The highest BCUT2D eigenvalue weighted by atomic mass is 32.2. The predicted molar refractivity (Wildman–Crippen MR) is 63.1 cm³/mol. The molecule has 6 nitrogen and oxygen atoms in total. The maximum Gasteiger partial charge on any atom is 0.281 e. The number of carbonyl (C=O) groups excluding carboxylic acids is 1. The first-order valence-corrected chi connectivity index (χ1v) is 7.22. The maximum absolute atomic E-state index is 12.9. The summed E-state index contributed by atoms with van der Waals surface area (Å²) in [6.45, 7) is 2.03. The molecular formula is C11H13FN2O4S. The van der Waals surface area contributed by atoms with Crippen LogP contribution in [0.25, 0.3) is 0 Å². The second kappa shape index (κ2) is 4.86. The molecule has 0 atom stereocenters. The van der Waals surface area contributed by atoms with E-state index in [2.05, 4.69) is 4.98 Å². The molecule has 0 saturated heterocycles. The van der Waals surface area contributed by atoms with E-state index >= 15 is 0 Å². The van der Waals surface area contributed by atoms with Crippen molar-refractivity contribution in [2.24, 2.45) is 0 Å². The first kappa shape index (κ1) is 13.9. The minimum atomic E-state index is -4.17. The molecule has 1 heterocycles. The van der Waals surface area contributed by atoms with Gasteiger partial charge in [0.15, 0.2) is 5.03 Å². The van der Waals surface area contributed by atoms with Crippen LogP contribution in [0.2, 0.25) is 0 Å². The van der Waals surface area contributed by atoms with Crippen molar-refractivity contribution >= 4 is 15.9 Å². The summed E-state index contributed by atoms with van der Waals surface area (Å²) in [7, 11) is -4.17. The molecule has 1 amide bonds. The van der Waals surface area contributed by atoms with Crippen LogP contribution in [0.15, 0.2) is 23.2 Å². The predicted octanol–water partition coefficient (Wildman–Crippen LogP) is 0.595. The minimum Gasteiger partial charge on any atom is -0.365 e. The van der Waals surface area contributed by atoms with Crippen molar-refractivity contribution in [1.82, 2.24) is 9.71 Å². The van der Waals surface area contributed by atoms with Crippen LogP contribution in [0.5, 0.6) is 0 Å². The Morgan fingerprint density at radius 3 is 2.74 bits per heavy atom. The number of ether oxygens (including phenoxy) is 1. The van der Waals surface area contributed by atoms with Gasteiger partial charge in [-0.3, -0.25) is 4.79 Å². The van der Waals surface area contributed by atoms with Crippen LogP contribution in [-0.2, 0) is 19.6 Å². The first-order valence-electron chi connectivity index (χ1n) is 5.73. The monoisotopic (exact) mass is 288 g/mol. The first-order chi connectivity index (χ1) is 8.89. The topological polar surface area (TPSA) is 85.4 Å². The molecular weight excluding hydrogens is 275 g/mol. The summed E-state index contributed by atoms with van der Waals surface area (Å²) in [6.07, 6.45) is 0.942. The van der Waals surface area contributed by atoms with Crippen molar-refractivity contribution in [3.63, 3.8) is 0 Å². The Kier molecular flexibility index (Phi) is 3.55. The summed E-state index contributed by atoms with van der Waals surface area (Å²) < 4.78 is 43.7. The van der Waals surface area contributed by atoms with E-state index in [0.717, 1.165) is 12.1 Å². The van der Waals surface area contributed by atoms with Crippen LogP contribution in [0.1, 0.15) is 19.8 Å². The third-order valence-corrected chi connectivity index (χ3v) is 3.96. The summed E-state index contributed by atoms with van der Waals surface area (Å²) in [5, 5.41) is -0.534. The molecule has 1 aliphatic rings. The highest BCUT2D eigenvalue weighted by Gasteiger charge is 2.52. The number of carbonyl (C=O) groups is 1. The molecule has 8 heteroatoms. The molecule has 2 rings (SSSR count). The molecule has 0 aromatic carbocycles. The van der Waals surface area contributed by atoms with E-state index in [1.807, 2.05) is 4.72 Å². The highest BCUT2D eigenvalue weighted by molar-refractivity contribution is 7.90. The van der Waals surface area contributed by atoms with Gasteiger partial charge < -0.3 is 4.74 Å². The average molecular weight is 288 g/mol. The number of amides is 1. The SMILES string of the molecule is CCOC1(C(=O)NS(=O)(=O)c2cccc(F)n2)CC1. The van der Waals surface area contributed by atoms with Crippen LogP contribution in [0.4, 0.5) is 4.39 Å². The van der Waals surface area contributed by atoms with Crippen LogP contribution >= 0.6 is 0 Å². The lowest BCUT2D eigenvalue weighted by atomic mass is 10.3. The molecule has 0 bridgehead atoms. The summed E-state index contributed by atoms with van der Waals surface area (Å²) in [5.74, 6) is -1.67. The molecule has 19 heavy (non-hydrogen) atoms. The third kappa shape index (κ3) is 2.90. The molecule has 0 aliphatic heterocycles. The Bertz CT molecular complexity index is 598. The van der Waals surface area contributed by atoms with E-state index < -0.39 is 32.5 Å². The number of hydrogen-bond donors (Lipinski definition) is 1. The second-order valence-electron chi connectivity index (χ2n) is 4.16. The van der Waals surface area contributed by atoms with Gasteiger partial charge in [-0.1, -0.05) is 6.07 Å². The summed E-state index contributed by atoms with van der Waals surface area (Å²) >= 11 is 0. The Balaban J connectivity index is 2.16. The number of hydrogen-bond acceptors (Lipinski definition) is 5. The highest BCUT2D eigenvalue weighted by Crippen LogP contribution is 2.39. The van der Waals surface area contributed by atoms with Gasteiger partial charge in [0.1, 0.15) is 5.60 Å². The number of nitrogens with one attached hydrogen (secondary N) is 1. The molecule has 0 unspecified atom stereocenters. The van der Waals surface area contributed by atoms with Crippen LogP contribution < -0.4 is 4.72 Å². The van der Waals surface area contributed by atoms with E-state index in [9.17, 15) is 17.6 Å². The lowest BCUT2D eigenvalue weighted by Gasteiger charge is -2.14. The second-order valence-corrected chi connectivity index (χ2v) is 5.79. The van der Waals surface area contributed by atoms with Gasteiger partial charge in [-0.05, 0) is 31.9 Å². The van der Waals surface area contributed by atoms with Crippen molar-refractivity contribution in [3.8, 4) is 0 Å². The van der Waals surface area contributed by atoms with E-state index in [4.69, 9.17) is 4.74 Å². The van der Waals surface area contributed by atoms with Gasteiger partial charge in [-0.25, -0.2) is 9.71 Å². The Morgan fingerprint density at radius 1 is 1.53 bits per heavy atom. The standard InChI is InChI=1S/C11H13FN2O4S/c1-2-18-11(6-7-11)10(15)14-19(16,17)9-5-3-4-8(12)13-9/h3-5H,2,6-7H2,1H3,(H,14,15). The number of pyridine rings is 1. The fourth-order valence-corrected chi connectivity index (χ4v) is 2.63. The zero-order valence-corrected chi connectivity index (χ0v) is 11.0. The van der Waals surface area contributed by atoms with Crippen molar-refractivity contribution in [3.05, 3.63) is 24.1 Å². The van der Waals surface area contributed by atoms with Gasteiger partial charge in [0.25, 0.3) is 15.9 Å². The van der Waals surface area contributed by atoms with E-state index in [1.54, 1.807) is 6.92 Å². The fraction of sp³-hybridized carbons (Fsp3) is 0.455. The van der Waals surface area contributed by atoms with Gasteiger partial charge in [0.2, 0.25) is 5.95 Å². The van der Waals surface area contributed by atoms with Gasteiger partial charge in [-0.2, -0.15) is 12.8 Å². The molecule has 1 N–H and O–H groups in total. The maximum atomic E-state index is 12.9. The summed E-state index contributed by atoms with van der Waals surface area (Å²) in [4.78, 5) is 15.1. The molecule has 1 saturated carbocycles. The van der Waals surface area contributed by atoms with Crippen LogP contribution in [0.3, 0.4) is 0 Å². The number of rotatable bonds is 5. The number of nitrogens with zero attached hydrogens (tertiary/aromatic N) is 1. The number of aromatic nitrogens is 1. The van der Waals surface area contributed by atoms with Crippen molar-refractivity contribution in [1.29, 1.82) is 0 Å². The third-order valence-electron chi connectivity index (χ3n) is 2.73. The van der Waals surface area contributed by atoms with Gasteiger partial charge >= 0.3 is 0 Å². The van der Waals surface area contributed by atoms with E-state index in [-0.39, 0.29) is 0 Å². The average Bonchev–Trinajstić information content (AvgIpc) is 3.10.